The van der Waals surface area contributed by atoms with Gasteiger partial charge in [0.1, 0.15) is 0 Å². The van der Waals surface area contributed by atoms with Crippen LogP contribution < -0.4 is 5.32 Å². The van der Waals surface area contributed by atoms with Crippen molar-refractivity contribution in [2.24, 2.45) is 0 Å². The normalized spacial score (nSPS) is 18.5. The number of nitrogens with one attached hydrogen (secondary N) is 1. The molecule has 0 bridgehead atoms. The van der Waals surface area contributed by atoms with Crippen molar-refractivity contribution in [3.63, 3.8) is 0 Å². The first-order chi connectivity index (χ1) is 9.16. The zero-order valence-electron chi connectivity index (χ0n) is 11.9. The van der Waals surface area contributed by atoms with E-state index in [1.54, 1.807) is 11.3 Å². The van der Waals surface area contributed by atoms with Crippen LogP contribution in [0.15, 0.2) is 17.5 Å². The van der Waals surface area contributed by atoms with Crippen LogP contribution in [0.1, 0.15) is 49.9 Å². The number of carbonyl (C=O) groups excluding carboxylic acids is 1. The number of hydrogen-bond acceptors (Lipinski definition) is 3. The number of hydrogen-bond donors (Lipinski definition) is 1. The summed E-state index contributed by atoms with van der Waals surface area (Å²) >= 11 is 1.69. The molecule has 1 saturated carbocycles. The Morgan fingerprint density at radius 1 is 1.47 bits per heavy atom. The third-order valence-electron chi connectivity index (χ3n) is 3.94. The molecule has 19 heavy (non-hydrogen) atoms. The molecule has 1 atom stereocenters. The lowest BCUT2D eigenvalue weighted by Crippen LogP contribution is -2.41. The monoisotopic (exact) mass is 280 g/mol. The van der Waals surface area contributed by atoms with Crippen LogP contribution in [0.2, 0.25) is 0 Å². The predicted molar refractivity (Wildman–Crippen MR) is 80.4 cm³/mol. The molecule has 4 heteroatoms. The minimum Gasteiger partial charge on any atom is -0.348 e. The molecular weight excluding hydrogens is 256 g/mol. The first-order valence-corrected chi connectivity index (χ1v) is 8.08. The van der Waals surface area contributed by atoms with Crippen molar-refractivity contribution >= 4 is 17.2 Å². The third-order valence-corrected chi connectivity index (χ3v) is 4.99. The minimum atomic E-state index is 0.118. The van der Waals surface area contributed by atoms with Crippen LogP contribution in [0, 0.1) is 0 Å². The van der Waals surface area contributed by atoms with Gasteiger partial charge in [0.25, 0.3) is 0 Å². The second-order valence-electron chi connectivity index (χ2n) is 5.51. The minimum absolute atomic E-state index is 0.118. The molecule has 1 fully saturated rings. The molecule has 0 aliphatic heterocycles. The highest BCUT2D eigenvalue weighted by atomic mass is 32.1. The Balaban J connectivity index is 1.77. The molecule has 1 aromatic rings. The Bertz CT molecular complexity index is 385. The molecule has 1 aliphatic rings. The standard InChI is InChI=1S/C15H24N2OS/c1-12(14-9-6-10-19-14)16-15(18)11-17(2)13-7-4-3-5-8-13/h6,9-10,12-13H,3-5,7-8,11H2,1-2H3,(H,16,18). The number of likely N-dealkylation sites (N-methyl/N-ethyl adjacent to an activating group) is 1. The zero-order valence-corrected chi connectivity index (χ0v) is 12.7. The molecule has 1 amide bonds. The maximum Gasteiger partial charge on any atom is 0.234 e. The quantitative estimate of drug-likeness (QED) is 0.898. The molecule has 1 heterocycles. The number of nitrogens with zero attached hydrogens (tertiary/aromatic N) is 1. The van der Waals surface area contributed by atoms with Crippen molar-refractivity contribution in [3.8, 4) is 0 Å². The van der Waals surface area contributed by atoms with Crippen molar-refractivity contribution in [2.45, 2.75) is 51.1 Å². The van der Waals surface area contributed by atoms with Gasteiger partial charge < -0.3 is 5.32 Å². The molecule has 2 rings (SSSR count). The fourth-order valence-electron chi connectivity index (χ4n) is 2.77. The highest BCUT2D eigenvalue weighted by Crippen LogP contribution is 2.21. The van der Waals surface area contributed by atoms with Gasteiger partial charge in [0.05, 0.1) is 12.6 Å². The lowest BCUT2D eigenvalue weighted by molar-refractivity contribution is -0.123. The van der Waals surface area contributed by atoms with Crippen molar-refractivity contribution < 1.29 is 4.79 Å². The summed E-state index contributed by atoms with van der Waals surface area (Å²) in [7, 11) is 2.07. The van der Waals surface area contributed by atoms with Gasteiger partial charge in [-0.2, -0.15) is 0 Å². The molecule has 1 unspecified atom stereocenters. The first-order valence-electron chi connectivity index (χ1n) is 7.20. The summed E-state index contributed by atoms with van der Waals surface area (Å²) < 4.78 is 0. The highest BCUT2D eigenvalue weighted by Gasteiger charge is 2.20. The molecule has 0 saturated heterocycles. The average molecular weight is 280 g/mol. The van der Waals surface area contributed by atoms with Gasteiger partial charge in [-0.15, -0.1) is 11.3 Å². The van der Waals surface area contributed by atoms with E-state index >= 15 is 0 Å². The molecular formula is C15H24N2OS. The number of amides is 1. The van der Waals surface area contributed by atoms with E-state index in [1.807, 2.05) is 18.4 Å². The van der Waals surface area contributed by atoms with E-state index in [4.69, 9.17) is 0 Å². The number of carbonyl (C=O) groups is 1. The van der Waals surface area contributed by atoms with Crippen LogP contribution in [0.5, 0.6) is 0 Å². The van der Waals surface area contributed by atoms with E-state index in [0.29, 0.717) is 12.6 Å². The van der Waals surface area contributed by atoms with Crippen LogP contribution in [-0.2, 0) is 4.79 Å². The summed E-state index contributed by atoms with van der Waals surface area (Å²) in [5, 5.41) is 5.13. The Hall–Kier alpha value is -0.870. The molecule has 0 spiro atoms. The molecule has 0 radical (unpaired) electrons. The summed E-state index contributed by atoms with van der Waals surface area (Å²) in [5.74, 6) is 0.133. The van der Waals surface area contributed by atoms with Gasteiger partial charge >= 0.3 is 0 Å². The third kappa shape index (κ3) is 4.32. The fraction of sp³-hybridized carbons (Fsp3) is 0.667. The SMILES string of the molecule is CC(NC(=O)CN(C)C1CCCCC1)c1cccs1. The maximum absolute atomic E-state index is 12.1. The van der Waals surface area contributed by atoms with E-state index in [9.17, 15) is 4.79 Å². The summed E-state index contributed by atoms with van der Waals surface area (Å²) in [6, 6.07) is 4.81. The second kappa shape index (κ2) is 7.06. The topological polar surface area (TPSA) is 32.3 Å². The summed E-state index contributed by atoms with van der Waals surface area (Å²) in [5.41, 5.74) is 0. The van der Waals surface area contributed by atoms with Gasteiger partial charge in [-0.1, -0.05) is 25.3 Å². The largest absolute Gasteiger partial charge is 0.348 e. The summed E-state index contributed by atoms with van der Waals surface area (Å²) in [6.45, 7) is 2.56. The van der Waals surface area contributed by atoms with Gasteiger partial charge in [-0.25, -0.2) is 0 Å². The van der Waals surface area contributed by atoms with Crippen molar-refractivity contribution in [1.82, 2.24) is 10.2 Å². The van der Waals surface area contributed by atoms with Gasteiger partial charge in [-0.05, 0) is 38.3 Å². The van der Waals surface area contributed by atoms with E-state index in [2.05, 4.69) is 23.3 Å². The van der Waals surface area contributed by atoms with Crippen LogP contribution in [0.3, 0.4) is 0 Å². The van der Waals surface area contributed by atoms with E-state index in [1.165, 1.54) is 37.0 Å². The van der Waals surface area contributed by atoms with E-state index in [0.717, 1.165) is 0 Å². The van der Waals surface area contributed by atoms with Crippen LogP contribution in [-0.4, -0.2) is 30.4 Å². The molecule has 0 aromatic carbocycles. The van der Waals surface area contributed by atoms with Crippen molar-refractivity contribution in [1.29, 1.82) is 0 Å². The first kappa shape index (κ1) is 14.5. The molecule has 1 aliphatic carbocycles. The molecule has 106 valence electrons. The summed E-state index contributed by atoms with van der Waals surface area (Å²) in [4.78, 5) is 15.5. The number of rotatable bonds is 5. The van der Waals surface area contributed by atoms with Gasteiger partial charge in [0.2, 0.25) is 5.91 Å². The average Bonchev–Trinajstić information content (AvgIpc) is 2.93. The fourth-order valence-corrected chi connectivity index (χ4v) is 3.51. The van der Waals surface area contributed by atoms with E-state index < -0.39 is 0 Å². The van der Waals surface area contributed by atoms with Crippen molar-refractivity contribution in [3.05, 3.63) is 22.4 Å². The smallest absolute Gasteiger partial charge is 0.234 e. The lowest BCUT2D eigenvalue weighted by Gasteiger charge is -2.30. The second-order valence-corrected chi connectivity index (χ2v) is 6.49. The Morgan fingerprint density at radius 2 is 2.21 bits per heavy atom. The predicted octanol–water partition coefficient (Wildman–Crippen LogP) is 3.19. The Labute approximate surface area is 120 Å². The van der Waals surface area contributed by atoms with E-state index in [-0.39, 0.29) is 11.9 Å². The number of thiophene rings is 1. The highest BCUT2D eigenvalue weighted by molar-refractivity contribution is 7.10. The van der Waals surface area contributed by atoms with Crippen LogP contribution in [0.4, 0.5) is 0 Å². The van der Waals surface area contributed by atoms with Crippen LogP contribution >= 0.6 is 11.3 Å². The Morgan fingerprint density at radius 3 is 2.84 bits per heavy atom. The molecule has 1 N–H and O–H groups in total. The van der Waals surface area contributed by atoms with Crippen molar-refractivity contribution in [2.75, 3.05) is 13.6 Å². The lowest BCUT2D eigenvalue weighted by atomic mass is 9.94. The van der Waals surface area contributed by atoms with Gasteiger partial charge in [-0.3, -0.25) is 9.69 Å². The van der Waals surface area contributed by atoms with Gasteiger partial charge in [0.15, 0.2) is 0 Å². The maximum atomic E-state index is 12.1. The molecule has 3 nitrogen and oxygen atoms in total. The zero-order chi connectivity index (χ0) is 13.7. The summed E-state index contributed by atoms with van der Waals surface area (Å²) in [6.07, 6.45) is 6.45. The Kier molecular flexibility index (Phi) is 5.40. The van der Waals surface area contributed by atoms with Gasteiger partial charge in [0, 0.05) is 10.9 Å². The molecule has 1 aromatic heterocycles. The van der Waals surface area contributed by atoms with Crippen LogP contribution in [0.25, 0.3) is 0 Å².